The molecule has 0 saturated carbocycles. The fourth-order valence-corrected chi connectivity index (χ4v) is 5.36. The zero-order valence-corrected chi connectivity index (χ0v) is 17.7. The molecule has 0 amide bonds. The van der Waals surface area contributed by atoms with Gasteiger partial charge in [0.25, 0.3) is 0 Å². The second-order valence-corrected chi connectivity index (χ2v) is 8.79. The Hall–Kier alpha value is -2.64. The first kappa shape index (κ1) is 19.3. The van der Waals surface area contributed by atoms with E-state index in [-0.39, 0.29) is 0 Å². The maximum Gasteiger partial charge on any atom is 0.0158 e. The van der Waals surface area contributed by atoms with Gasteiger partial charge in [0.1, 0.15) is 0 Å². The van der Waals surface area contributed by atoms with E-state index in [0.717, 1.165) is 6.04 Å². The van der Waals surface area contributed by atoms with Gasteiger partial charge in [0, 0.05) is 6.04 Å². The van der Waals surface area contributed by atoms with E-state index < -0.39 is 0 Å². The van der Waals surface area contributed by atoms with Gasteiger partial charge in [-0.05, 0) is 72.5 Å². The second kappa shape index (κ2) is 9.02. The quantitative estimate of drug-likeness (QED) is 0.459. The normalized spacial score (nSPS) is 22.5. The summed E-state index contributed by atoms with van der Waals surface area (Å²) in [6.45, 7) is 2.59. The van der Waals surface area contributed by atoms with Crippen LogP contribution in [-0.4, -0.2) is 24.0 Å². The first-order valence-electron chi connectivity index (χ1n) is 11.6. The summed E-state index contributed by atoms with van der Waals surface area (Å²) in [5.74, 6) is 0.656. The number of rotatable bonds is 4. The Morgan fingerprint density at radius 3 is 2.03 bits per heavy atom. The maximum atomic E-state index is 2.76. The fraction of sp³-hybridized carbons (Fsp3) is 0.310. The summed E-state index contributed by atoms with van der Waals surface area (Å²) in [6, 6.07) is 31.5. The molecule has 30 heavy (non-hydrogen) atoms. The molecule has 5 rings (SSSR count). The van der Waals surface area contributed by atoms with Crippen LogP contribution in [0.5, 0.6) is 0 Å². The van der Waals surface area contributed by atoms with Gasteiger partial charge in [-0.2, -0.15) is 0 Å². The van der Waals surface area contributed by atoms with Crippen LogP contribution >= 0.6 is 0 Å². The average Bonchev–Trinajstić information content (AvgIpc) is 2.84. The Labute approximate surface area is 181 Å². The predicted octanol–water partition coefficient (Wildman–Crippen LogP) is 7.05. The summed E-state index contributed by atoms with van der Waals surface area (Å²) in [5.41, 5.74) is 6.61. The van der Waals surface area contributed by atoms with Crippen molar-refractivity contribution in [2.75, 3.05) is 13.1 Å². The molecule has 2 saturated heterocycles. The van der Waals surface area contributed by atoms with Gasteiger partial charge in [0.2, 0.25) is 0 Å². The first-order valence-corrected chi connectivity index (χ1v) is 11.6. The lowest BCUT2D eigenvalue weighted by molar-refractivity contribution is 0.0786. The number of hydrogen-bond donors (Lipinski definition) is 0. The van der Waals surface area contributed by atoms with E-state index >= 15 is 0 Å². The minimum Gasteiger partial charge on any atom is -0.300 e. The average molecular weight is 394 g/mol. The minimum atomic E-state index is 0.656. The van der Waals surface area contributed by atoms with Crippen molar-refractivity contribution < 1.29 is 0 Å². The van der Waals surface area contributed by atoms with Crippen LogP contribution in [0.3, 0.4) is 0 Å². The molecule has 2 heterocycles. The SMILES string of the molecule is C(=C(\c1ccccc1)c1ccc(-c2ccccc2)cc1)/[C@@H]1CCCN2CCCC[C@H]12. The van der Waals surface area contributed by atoms with Crippen LogP contribution in [0.1, 0.15) is 43.2 Å². The molecule has 1 nitrogen and oxygen atoms in total. The highest BCUT2D eigenvalue weighted by molar-refractivity contribution is 5.81. The molecule has 3 aromatic carbocycles. The first-order chi connectivity index (χ1) is 14.9. The molecule has 2 fully saturated rings. The zero-order chi connectivity index (χ0) is 20.2. The van der Waals surface area contributed by atoms with Crippen molar-refractivity contribution in [3.05, 3.63) is 102 Å². The third kappa shape index (κ3) is 4.13. The second-order valence-electron chi connectivity index (χ2n) is 8.79. The molecular formula is C29H31N. The van der Waals surface area contributed by atoms with Crippen molar-refractivity contribution in [1.29, 1.82) is 0 Å². The summed E-state index contributed by atoms with van der Waals surface area (Å²) in [6.07, 6.45) is 9.37. The van der Waals surface area contributed by atoms with Gasteiger partial charge in [-0.25, -0.2) is 0 Å². The third-order valence-corrected chi connectivity index (χ3v) is 6.91. The molecule has 0 spiro atoms. The number of nitrogens with zero attached hydrogens (tertiary/aromatic N) is 1. The van der Waals surface area contributed by atoms with Crippen LogP contribution in [0, 0.1) is 5.92 Å². The van der Waals surface area contributed by atoms with E-state index in [1.54, 1.807) is 0 Å². The van der Waals surface area contributed by atoms with Crippen molar-refractivity contribution in [2.24, 2.45) is 5.92 Å². The lowest BCUT2D eigenvalue weighted by Crippen LogP contribution is -2.47. The summed E-state index contributed by atoms with van der Waals surface area (Å²) < 4.78 is 0. The number of piperidine rings is 2. The molecule has 0 unspecified atom stereocenters. The standard InChI is InChI=1S/C29H31N/c1-3-10-23(11-4-1)24-16-18-26(19-17-24)28(25-12-5-2-6-13-25)22-27-14-9-21-30-20-8-7-15-29(27)30/h1-6,10-13,16-19,22,27,29H,7-9,14-15,20-21H2/b28-22-/t27-,29+/m0/s1. The fourth-order valence-electron chi connectivity index (χ4n) is 5.36. The molecule has 2 aliphatic heterocycles. The van der Waals surface area contributed by atoms with Gasteiger partial charge in [-0.3, -0.25) is 4.90 Å². The molecule has 0 aromatic heterocycles. The lowest BCUT2D eigenvalue weighted by atomic mass is 9.81. The highest BCUT2D eigenvalue weighted by Gasteiger charge is 2.32. The Balaban J connectivity index is 1.50. The summed E-state index contributed by atoms with van der Waals surface area (Å²) in [4.78, 5) is 2.76. The molecule has 2 atom stereocenters. The van der Waals surface area contributed by atoms with Gasteiger partial charge < -0.3 is 0 Å². The highest BCUT2D eigenvalue weighted by Crippen LogP contribution is 2.35. The van der Waals surface area contributed by atoms with E-state index in [1.165, 1.54) is 73.0 Å². The van der Waals surface area contributed by atoms with E-state index in [4.69, 9.17) is 0 Å². The van der Waals surface area contributed by atoms with Gasteiger partial charge >= 0.3 is 0 Å². The molecule has 152 valence electrons. The van der Waals surface area contributed by atoms with Gasteiger partial charge in [0.15, 0.2) is 0 Å². The van der Waals surface area contributed by atoms with Gasteiger partial charge in [-0.15, -0.1) is 0 Å². The van der Waals surface area contributed by atoms with Gasteiger partial charge in [0.05, 0.1) is 0 Å². The number of benzene rings is 3. The van der Waals surface area contributed by atoms with Crippen LogP contribution in [0.2, 0.25) is 0 Å². The Morgan fingerprint density at radius 1 is 0.633 bits per heavy atom. The topological polar surface area (TPSA) is 3.24 Å². The van der Waals surface area contributed by atoms with Crippen LogP contribution < -0.4 is 0 Å². The third-order valence-electron chi connectivity index (χ3n) is 6.91. The Bertz CT molecular complexity index is 970. The molecule has 0 radical (unpaired) electrons. The van der Waals surface area contributed by atoms with Crippen LogP contribution in [0.15, 0.2) is 91.0 Å². The van der Waals surface area contributed by atoms with Crippen LogP contribution in [0.25, 0.3) is 16.7 Å². The van der Waals surface area contributed by atoms with E-state index in [2.05, 4.69) is 95.9 Å². The van der Waals surface area contributed by atoms with Crippen molar-refractivity contribution in [3.8, 4) is 11.1 Å². The van der Waals surface area contributed by atoms with Crippen LogP contribution in [0.4, 0.5) is 0 Å². The van der Waals surface area contributed by atoms with E-state index in [0.29, 0.717) is 5.92 Å². The monoisotopic (exact) mass is 393 g/mol. The summed E-state index contributed by atoms with van der Waals surface area (Å²) >= 11 is 0. The molecule has 0 aliphatic carbocycles. The Kier molecular flexibility index (Phi) is 5.81. The molecule has 1 heteroatoms. The molecule has 0 N–H and O–H groups in total. The Morgan fingerprint density at radius 2 is 1.27 bits per heavy atom. The summed E-state index contributed by atoms with van der Waals surface area (Å²) in [7, 11) is 0. The maximum absolute atomic E-state index is 2.76. The lowest BCUT2D eigenvalue weighted by Gasteiger charge is -2.43. The minimum absolute atomic E-state index is 0.656. The van der Waals surface area contributed by atoms with Crippen molar-refractivity contribution in [3.63, 3.8) is 0 Å². The smallest absolute Gasteiger partial charge is 0.0158 e. The molecule has 3 aromatic rings. The number of fused-ring (bicyclic) bond motifs is 1. The van der Waals surface area contributed by atoms with Crippen LogP contribution in [-0.2, 0) is 0 Å². The van der Waals surface area contributed by atoms with Gasteiger partial charge in [-0.1, -0.05) is 97.4 Å². The largest absolute Gasteiger partial charge is 0.300 e. The van der Waals surface area contributed by atoms with Crippen molar-refractivity contribution in [1.82, 2.24) is 4.90 Å². The predicted molar refractivity (Wildman–Crippen MR) is 127 cm³/mol. The zero-order valence-electron chi connectivity index (χ0n) is 17.7. The van der Waals surface area contributed by atoms with Crippen molar-refractivity contribution >= 4 is 5.57 Å². The summed E-state index contributed by atoms with van der Waals surface area (Å²) in [5, 5.41) is 0. The molecular weight excluding hydrogens is 362 g/mol. The molecule has 0 bridgehead atoms. The number of hydrogen-bond acceptors (Lipinski definition) is 1. The highest BCUT2D eigenvalue weighted by atomic mass is 15.2. The molecule has 2 aliphatic rings. The van der Waals surface area contributed by atoms with E-state index in [1.807, 2.05) is 0 Å². The van der Waals surface area contributed by atoms with Crippen molar-refractivity contribution in [2.45, 2.75) is 38.1 Å². The van der Waals surface area contributed by atoms with E-state index in [9.17, 15) is 0 Å².